The molecule has 0 amide bonds. The molecule has 2 aromatic carbocycles. The Morgan fingerprint density at radius 1 is 1.12 bits per heavy atom. The topological polar surface area (TPSA) is 61.2 Å². The molecule has 1 aliphatic rings. The van der Waals surface area contributed by atoms with Gasteiger partial charge in [-0.25, -0.2) is 9.37 Å². The van der Waals surface area contributed by atoms with Crippen molar-refractivity contribution in [2.45, 2.75) is 16.8 Å². The number of aromatic nitrogens is 2. The largest absolute Gasteiger partial charge is 0.465 e. The fourth-order valence-corrected chi connectivity index (χ4v) is 3.82. The molecular formula is C18H13FN2O3S. The number of nitrogens with zero attached hydrogens (tertiary/aromatic N) is 2. The second-order valence-electron chi connectivity index (χ2n) is 5.57. The summed E-state index contributed by atoms with van der Waals surface area (Å²) in [6.45, 7) is 0.341. The van der Waals surface area contributed by atoms with Gasteiger partial charge in [-0.15, -0.1) is 0 Å². The molecule has 7 heteroatoms. The lowest BCUT2D eigenvalue weighted by molar-refractivity contribution is -0.137. The zero-order valence-corrected chi connectivity index (χ0v) is 13.8. The van der Waals surface area contributed by atoms with Crippen molar-refractivity contribution in [3.05, 3.63) is 64.7 Å². The van der Waals surface area contributed by atoms with Gasteiger partial charge in [0.15, 0.2) is 5.16 Å². The highest BCUT2D eigenvalue weighted by Gasteiger charge is 2.30. The molecule has 0 N–H and O–H groups in total. The highest BCUT2D eigenvalue weighted by molar-refractivity contribution is 8.00. The third-order valence-electron chi connectivity index (χ3n) is 3.97. The van der Waals surface area contributed by atoms with E-state index in [2.05, 4.69) is 4.98 Å². The van der Waals surface area contributed by atoms with Crippen LogP contribution in [-0.2, 0) is 9.53 Å². The van der Waals surface area contributed by atoms with Crippen LogP contribution in [0.15, 0.2) is 58.5 Å². The third kappa shape index (κ3) is 2.80. The Kier molecular flexibility index (Phi) is 4.01. The van der Waals surface area contributed by atoms with Crippen LogP contribution in [0.5, 0.6) is 0 Å². The van der Waals surface area contributed by atoms with E-state index in [0.717, 1.165) is 11.8 Å². The molecule has 0 radical (unpaired) electrons. The SMILES string of the molecule is O=C1OCC[C@@H]1Sc1nc2ccccc2c(=O)n1-c1ccccc1F. The first kappa shape index (κ1) is 15.8. The van der Waals surface area contributed by atoms with Crippen LogP contribution in [0.1, 0.15) is 6.42 Å². The van der Waals surface area contributed by atoms with Crippen molar-refractivity contribution in [3.8, 4) is 5.69 Å². The molecule has 0 aliphatic carbocycles. The molecule has 4 rings (SSSR count). The molecule has 1 saturated heterocycles. The Morgan fingerprint density at radius 2 is 1.88 bits per heavy atom. The van der Waals surface area contributed by atoms with Crippen LogP contribution in [0.2, 0.25) is 0 Å². The summed E-state index contributed by atoms with van der Waals surface area (Å²) >= 11 is 1.13. The minimum Gasteiger partial charge on any atom is -0.465 e. The molecule has 5 nitrogen and oxygen atoms in total. The molecule has 0 spiro atoms. The molecule has 2 heterocycles. The van der Waals surface area contributed by atoms with E-state index >= 15 is 0 Å². The van der Waals surface area contributed by atoms with Gasteiger partial charge in [0.05, 0.1) is 23.2 Å². The minimum absolute atomic E-state index is 0.111. The second-order valence-corrected chi connectivity index (χ2v) is 6.74. The van der Waals surface area contributed by atoms with Gasteiger partial charge in [-0.05, 0) is 24.3 Å². The number of para-hydroxylation sites is 2. The van der Waals surface area contributed by atoms with E-state index < -0.39 is 11.1 Å². The average molecular weight is 356 g/mol. The number of hydrogen-bond donors (Lipinski definition) is 0. The zero-order chi connectivity index (χ0) is 17.4. The van der Waals surface area contributed by atoms with Crippen LogP contribution in [0, 0.1) is 5.82 Å². The summed E-state index contributed by atoms with van der Waals surface area (Å²) in [6.07, 6.45) is 0.531. The number of rotatable bonds is 3. The van der Waals surface area contributed by atoms with Crippen molar-refractivity contribution in [3.63, 3.8) is 0 Å². The summed E-state index contributed by atoms with van der Waals surface area (Å²) in [6, 6.07) is 12.9. The third-order valence-corrected chi connectivity index (χ3v) is 5.17. The summed E-state index contributed by atoms with van der Waals surface area (Å²) in [5.74, 6) is -0.870. The number of esters is 1. The van der Waals surface area contributed by atoms with E-state index in [1.165, 1.54) is 16.7 Å². The number of hydrogen-bond acceptors (Lipinski definition) is 5. The maximum atomic E-state index is 14.3. The summed E-state index contributed by atoms with van der Waals surface area (Å²) in [5, 5.41) is 0.216. The van der Waals surface area contributed by atoms with E-state index in [1.54, 1.807) is 36.4 Å². The molecule has 1 aromatic heterocycles. The van der Waals surface area contributed by atoms with Gasteiger partial charge in [-0.3, -0.25) is 14.2 Å². The minimum atomic E-state index is -0.530. The van der Waals surface area contributed by atoms with Crippen LogP contribution in [0.3, 0.4) is 0 Å². The van der Waals surface area contributed by atoms with Gasteiger partial charge >= 0.3 is 5.97 Å². The number of ether oxygens (including phenoxy) is 1. The maximum Gasteiger partial charge on any atom is 0.319 e. The van der Waals surface area contributed by atoms with Gasteiger partial charge in [-0.1, -0.05) is 36.0 Å². The molecule has 0 unspecified atom stereocenters. The van der Waals surface area contributed by atoms with Crippen LogP contribution in [0.25, 0.3) is 16.6 Å². The second kappa shape index (κ2) is 6.33. The first-order valence-electron chi connectivity index (χ1n) is 7.75. The van der Waals surface area contributed by atoms with Crippen LogP contribution in [0.4, 0.5) is 4.39 Å². The van der Waals surface area contributed by atoms with Gasteiger partial charge in [0, 0.05) is 6.42 Å². The van der Waals surface area contributed by atoms with Crippen molar-refractivity contribution in [2.24, 2.45) is 0 Å². The highest BCUT2D eigenvalue weighted by atomic mass is 32.2. The van der Waals surface area contributed by atoms with Crippen molar-refractivity contribution in [1.29, 1.82) is 0 Å². The number of fused-ring (bicyclic) bond motifs is 1. The van der Waals surface area contributed by atoms with E-state index in [1.807, 2.05) is 0 Å². The average Bonchev–Trinajstić information content (AvgIpc) is 3.01. The Balaban J connectivity index is 1.96. The molecule has 1 aliphatic heterocycles. The van der Waals surface area contributed by atoms with E-state index in [9.17, 15) is 14.0 Å². The number of carbonyl (C=O) groups excluding carboxylic acids is 1. The van der Waals surface area contributed by atoms with Crippen LogP contribution < -0.4 is 5.56 Å². The molecule has 0 saturated carbocycles. The molecule has 0 bridgehead atoms. The molecule has 1 fully saturated rings. The standard InChI is InChI=1S/C18H13FN2O3S/c19-12-6-2-4-8-14(12)21-16(22)11-5-1-3-7-13(11)20-18(21)25-15-9-10-24-17(15)23/h1-8,15H,9-10H2/t15-/m0/s1. The van der Waals surface area contributed by atoms with E-state index in [4.69, 9.17) is 4.74 Å². The quantitative estimate of drug-likeness (QED) is 0.533. The normalized spacial score (nSPS) is 17.0. The zero-order valence-electron chi connectivity index (χ0n) is 13.0. The number of thioether (sulfide) groups is 1. The van der Waals surface area contributed by atoms with Gasteiger partial charge in [0.2, 0.25) is 0 Å². The smallest absolute Gasteiger partial charge is 0.319 e. The predicted molar refractivity (Wildman–Crippen MR) is 92.5 cm³/mol. The fourth-order valence-electron chi connectivity index (χ4n) is 2.75. The molecular weight excluding hydrogens is 343 g/mol. The lowest BCUT2D eigenvalue weighted by atomic mass is 10.2. The Hall–Kier alpha value is -2.67. The van der Waals surface area contributed by atoms with Crippen molar-refractivity contribution < 1.29 is 13.9 Å². The van der Waals surface area contributed by atoms with Crippen molar-refractivity contribution in [1.82, 2.24) is 9.55 Å². The maximum absolute atomic E-state index is 14.3. The van der Waals surface area contributed by atoms with Crippen LogP contribution in [-0.4, -0.2) is 27.4 Å². The lowest BCUT2D eigenvalue weighted by Crippen LogP contribution is -2.24. The first-order chi connectivity index (χ1) is 12.1. The molecule has 1 atom stereocenters. The molecule has 3 aromatic rings. The number of halogens is 1. The number of benzene rings is 2. The Bertz CT molecular complexity index is 1030. The lowest BCUT2D eigenvalue weighted by Gasteiger charge is -2.15. The highest BCUT2D eigenvalue weighted by Crippen LogP contribution is 2.30. The summed E-state index contributed by atoms with van der Waals surface area (Å²) < 4.78 is 20.5. The van der Waals surface area contributed by atoms with Crippen molar-refractivity contribution in [2.75, 3.05) is 6.61 Å². The van der Waals surface area contributed by atoms with Crippen molar-refractivity contribution >= 4 is 28.6 Å². The Morgan fingerprint density at radius 3 is 2.64 bits per heavy atom. The molecule has 25 heavy (non-hydrogen) atoms. The van der Waals surface area contributed by atoms with Crippen LogP contribution >= 0.6 is 11.8 Å². The number of cyclic esters (lactones) is 1. The van der Waals surface area contributed by atoms with Gasteiger partial charge in [0.1, 0.15) is 11.1 Å². The number of carbonyl (C=O) groups is 1. The first-order valence-corrected chi connectivity index (χ1v) is 8.63. The fraction of sp³-hybridized carbons (Fsp3) is 0.167. The summed E-state index contributed by atoms with van der Waals surface area (Å²) in [4.78, 5) is 29.3. The van der Waals surface area contributed by atoms with Gasteiger partial charge in [0.25, 0.3) is 5.56 Å². The Labute approximate surface area is 146 Å². The monoisotopic (exact) mass is 356 g/mol. The molecule has 126 valence electrons. The summed E-state index contributed by atoms with van der Waals surface area (Å²) in [7, 11) is 0. The van der Waals surface area contributed by atoms with Gasteiger partial charge < -0.3 is 4.74 Å². The van der Waals surface area contributed by atoms with E-state index in [-0.39, 0.29) is 22.4 Å². The summed E-state index contributed by atoms with van der Waals surface area (Å²) in [5.41, 5.74) is 0.248. The van der Waals surface area contributed by atoms with E-state index in [0.29, 0.717) is 23.9 Å². The predicted octanol–water partition coefficient (Wildman–Crippen LogP) is 2.93. The van der Waals surface area contributed by atoms with Gasteiger partial charge in [-0.2, -0.15) is 0 Å².